The van der Waals surface area contributed by atoms with E-state index in [1.54, 1.807) is 29.5 Å². The molecule has 2 aliphatic heterocycles. The lowest BCUT2D eigenvalue weighted by Crippen LogP contribution is -2.38. The Morgan fingerprint density at radius 2 is 2.14 bits per heavy atom. The zero-order valence-corrected chi connectivity index (χ0v) is 17.4. The normalized spacial score (nSPS) is 18.4. The molecule has 0 radical (unpaired) electrons. The molecule has 0 aliphatic carbocycles. The van der Waals surface area contributed by atoms with Crippen molar-refractivity contribution in [2.24, 2.45) is 0 Å². The van der Waals surface area contributed by atoms with Gasteiger partial charge in [0.15, 0.2) is 0 Å². The van der Waals surface area contributed by atoms with Crippen molar-refractivity contribution < 1.29 is 14.3 Å². The van der Waals surface area contributed by atoms with E-state index in [9.17, 15) is 9.59 Å². The van der Waals surface area contributed by atoms with E-state index in [1.165, 1.54) is 21.8 Å². The fourth-order valence-corrected chi connectivity index (χ4v) is 5.67. The number of nitrogens with zero attached hydrogens (tertiary/aromatic N) is 1. The molecule has 8 heteroatoms. The zero-order chi connectivity index (χ0) is 20.0. The lowest BCUT2D eigenvalue weighted by atomic mass is 10.0. The Morgan fingerprint density at radius 3 is 2.97 bits per heavy atom. The summed E-state index contributed by atoms with van der Waals surface area (Å²) in [5.41, 5.74) is 2.80. The van der Waals surface area contributed by atoms with Crippen LogP contribution < -0.4 is 15.4 Å². The van der Waals surface area contributed by atoms with Crippen LogP contribution in [0.3, 0.4) is 0 Å². The molecule has 0 unspecified atom stereocenters. The first-order valence-electron chi connectivity index (χ1n) is 9.34. The third-order valence-corrected chi connectivity index (χ3v) is 7.15. The van der Waals surface area contributed by atoms with Crippen LogP contribution in [-0.2, 0) is 13.0 Å². The van der Waals surface area contributed by atoms with Gasteiger partial charge in [-0.25, -0.2) is 4.79 Å². The molecule has 0 fully saturated rings. The smallest absolute Gasteiger partial charge is 0.353 e. The lowest BCUT2D eigenvalue weighted by molar-refractivity contribution is 0.0739. The van der Waals surface area contributed by atoms with Gasteiger partial charge in [-0.2, -0.15) is 0 Å². The highest BCUT2D eigenvalue weighted by molar-refractivity contribution is 7.16. The highest BCUT2D eigenvalue weighted by Crippen LogP contribution is 2.40. The van der Waals surface area contributed by atoms with Crippen molar-refractivity contribution in [1.82, 2.24) is 10.2 Å². The topological polar surface area (TPSA) is 70.7 Å². The predicted octanol–water partition coefficient (Wildman–Crippen LogP) is 3.87. The number of fused-ring (bicyclic) bond motifs is 3. The van der Waals surface area contributed by atoms with E-state index >= 15 is 0 Å². The third kappa shape index (κ3) is 3.43. The summed E-state index contributed by atoms with van der Waals surface area (Å²) in [6.07, 6.45) is 0.527. The summed E-state index contributed by atoms with van der Waals surface area (Å²) in [6.45, 7) is 1.84. The molecule has 1 amide bonds. The quantitative estimate of drug-likeness (QED) is 0.492. The van der Waals surface area contributed by atoms with Crippen LogP contribution in [0.5, 0.6) is 5.75 Å². The first kappa shape index (κ1) is 18.4. The molecule has 5 rings (SSSR count). The van der Waals surface area contributed by atoms with Crippen LogP contribution in [0.2, 0.25) is 0 Å². The minimum atomic E-state index is -0.380. The predicted molar refractivity (Wildman–Crippen MR) is 114 cm³/mol. The summed E-state index contributed by atoms with van der Waals surface area (Å²) in [6, 6.07) is 10.8. The molecule has 6 nitrogen and oxygen atoms in total. The Balaban J connectivity index is 1.39. The fraction of sp³-hybridized carbons (Fsp3) is 0.238. The molecule has 3 aromatic rings. The fourth-order valence-electron chi connectivity index (χ4n) is 3.72. The molecule has 0 saturated heterocycles. The van der Waals surface area contributed by atoms with Gasteiger partial charge in [0, 0.05) is 18.0 Å². The monoisotopic (exact) mass is 425 g/mol. The number of hydrogen-bond donors (Lipinski definition) is 2. The second-order valence-corrected chi connectivity index (χ2v) is 9.24. The van der Waals surface area contributed by atoms with Gasteiger partial charge >= 0.3 is 5.97 Å². The van der Waals surface area contributed by atoms with Gasteiger partial charge in [0.2, 0.25) is 0 Å². The molecule has 2 N–H and O–H groups in total. The maximum Gasteiger partial charge on any atom is 0.353 e. The van der Waals surface area contributed by atoms with Crippen molar-refractivity contribution in [3.05, 3.63) is 68.2 Å². The number of thiophene rings is 2. The number of carbonyl (C=O) groups excluding carboxylic acids is 2. The van der Waals surface area contributed by atoms with Gasteiger partial charge in [0.1, 0.15) is 21.8 Å². The molecule has 0 bridgehead atoms. The average Bonchev–Trinajstić information content (AvgIpc) is 3.35. The molecular weight excluding hydrogens is 406 g/mol. The molecule has 4 heterocycles. The summed E-state index contributed by atoms with van der Waals surface area (Å²) in [5.74, 6) is 0.0248. The zero-order valence-electron chi connectivity index (χ0n) is 15.7. The van der Waals surface area contributed by atoms with E-state index in [-0.39, 0.29) is 18.0 Å². The number of esters is 1. The van der Waals surface area contributed by atoms with Gasteiger partial charge in [-0.3, -0.25) is 4.79 Å². The van der Waals surface area contributed by atoms with E-state index in [4.69, 9.17) is 4.74 Å². The Hall–Kier alpha value is -2.68. The molecule has 29 heavy (non-hydrogen) atoms. The average molecular weight is 426 g/mol. The van der Waals surface area contributed by atoms with Gasteiger partial charge in [-0.1, -0.05) is 18.2 Å². The summed E-state index contributed by atoms with van der Waals surface area (Å²) in [5, 5.41) is 9.26. The minimum absolute atomic E-state index is 0.0493. The largest absolute Gasteiger partial charge is 0.422 e. The molecule has 0 spiro atoms. The number of anilines is 1. The Morgan fingerprint density at radius 1 is 1.24 bits per heavy atom. The first-order valence-corrected chi connectivity index (χ1v) is 11.0. The number of rotatable bonds is 3. The van der Waals surface area contributed by atoms with Crippen LogP contribution in [-0.4, -0.2) is 30.4 Å². The summed E-state index contributed by atoms with van der Waals surface area (Å²) >= 11 is 3.00. The number of ether oxygens (including phenoxy) is 1. The van der Waals surface area contributed by atoms with Crippen molar-refractivity contribution in [2.45, 2.75) is 19.1 Å². The SMILES string of the molecule is CN1CCc2c(sc3c2C(=O)N[C@H](c2cccc(OC(=O)c4cccs4)c2)N3)C1. The van der Waals surface area contributed by atoms with Gasteiger partial charge in [0.05, 0.1) is 5.56 Å². The van der Waals surface area contributed by atoms with E-state index in [2.05, 4.69) is 22.6 Å². The molecule has 0 saturated carbocycles. The number of likely N-dealkylation sites (N-methyl/N-ethyl adjacent to an activating group) is 1. The van der Waals surface area contributed by atoms with Crippen LogP contribution >= 0.6 is 22.7 Å². The minimum Gasteiger partial charge on any atom is -0.422 e. The summed E-state index contributed by atoms with van der Waals surface area (Å²) in [4.78, 5) is 29.2. The van der Waals surface area contributed by atoms with Crippen LogP contribution in [0, 0.1) is 0 Å². The third-order valence-electron chi connectivity index (χ3n) is 5.15. The summed E-state index contributed by atoms with van der Waals surface area (Å²) in [7, 11) is 2.10. The maximum absolute atomic E-state index is 12.9. The second-order valence-electron chi connectivity index (χ2n) is 7.19. The standard InChI is InChI=1S/C21H19N3O3S2/c1-24-8-7-14-16(11-24)29-20-17(14)19(25)22-18(23-20)12-4-2-5-13(10-12)27-21(26)15-6-3-9-28-15/h2-6,9-10,18,23H,7-8,11H2,1H3,(H,22,25)/t18-/m0/s1. The number of nitrogens with one attached hydrogen (secondary N) is 2. The van der Waals surface area contributed by atoms with E-state index in [0.29, 0.717) is 10.6 Å². The van der Waals surface area contributed by atoms with Crippen molar-refractivity contribution in [3.8, 4) is 5.75 Å². The van der Waals surface area contributed by atoms with E-state index in [0.717, 1.165) is 35.6 Å². The number of amides is 1. The molecule has 2 aliphatic rings. The van der Waals surface area contributed by atoms with Crippen molar-refractivity contribution in [2.75, 3.05) is 18.9 Å². The Labute approximate surface area is 176 Å². The van der Waals surface area contributed by atoms with Crippen molar-refractivity contribution in [1.29, 1.82) is 0 Å². The highest BCUT2D eigenvalue weighted by Gasteiger charge is 2.32. The molecule has 2 aromatic heterocycles. The van der Waals surface area contributed by atoms with Crippen LogP contribution in [0.1, 0.15) is 42.2 Å². The Kier molecular flexibility index (Phi) is 4.61. The Bertz CT molecular complexity index is 1090. The van der Waals surface area contributed by atoms with Crippen LogP contribution in [0.15, 0.2) is 41.8 Å². The number of benzene rings is 1. The van der Waals surface area contributed by atoms with E-state index < -0.39 is 0 Å². The van der Waals surface area contributed by atoms with Crippen LogP contribution in [0.25, 0.3) is 0 Å². The molecule has 148 valence electrons. The number of hydrogen-bond acceptors (Lipinski definition) is 7. The molecule has 1 atom stereocenters. The van der Waals surface area contributed by atoms with Gasteiger partial charge in [0.25, 0.3) is 5.91 Å². The lowest BCUT2D eigenvalue weighted by Gasteiger charge is -2.27. The van der Waals surface area contributed by atoms with Crippen LogP contribution in [0.4, 0.5) is 5.00 Å². The van der Waals surface area contributed by atoms with Crippen molar-refractivity contribution >= 4 is 39.6 Å². The van der Waals surface area contributed by atoms with E-state index in [1.807, 2.05) is 23.6 Å². The highest BCUT2D eigenvalue weighted by atomic mass is 32.1. The molecular formula is C21H19N3O3S2. The summed E-state index contributed by atoms with van der Waals surface area (Å²) < 4.78 is 5.49. The van der Waals surface area contributed by atoms with Gasteiger partial charge < -0.3 is 20.3 Å². The van der Waals surface area contributed by atoms with Crippen molar-refractivity contribution in [3.63, 3.8) is 0 Å². The second kappa shape index (κ2) is 7.29. The molecule has 1 aromatic carbocycles. The van der Waals surface area contributed by atoms with Gasteiger partial charge in [-0.15, -0.1) is 22.7 Å². The first-order chi connectivity index (χ1) is 14.1. The number of carbonyl (C=O) groups is 2. The van der Waals surface area contributed by atoms with Gasteiger partial charge in [-0.05, 0) is 48.2 Å². The maximum atomic E-state index is 12.9.